The van der Waals surface area contributed by atoms with Gasteiger partial charge < -0.3 is 10.7 Å². The molecule has 0 saturated carbocycles. The Morgan fingerprint density at radius 2 is 1.58 bits per heavy atom. The summed E-state index contributed by atoms with van der Waals surface area (Å²) in [4.78, 5) is 23.6. The standard InChI is InChI=1S/C20H22FN3O2/c1-15(7-8-16-5-3-2-4-6-16)23-24-20(26)14-13-19(25)22-18-11-9-17(21)10-12-18/h2-7,9-12,23H,8,13-14H2,1H3,(H,22,25)(H,24,26). The lowest BCUT2D eigenvalue weighted by Gasteiger charge is -2.09. The molecule has 0 unspecified atom stereocenters. The number of carbonyl (C=O) groups is 2. The number of benzene rings is 2. The summed E-state index contributed by atoms with van der Waals surface area (Å²) in [5, 5.41) is 2.61. The van der Waals surface area contributed by atoms with Gasteiger partial charge in [-0.15, -0.1) is 0 Å². The fourth-order valence-electron chi connectivity index (χ4n) is 2.15. The van der Waals surface area contributed by atoms with Crippen molar-refractivity contribution in [2.24, 2.45) is 0 Å². The maximum absolute atomic E-state index is 12.8. The molecule has 0 aliphatic carbocycles. The minimum Gasteiger partial charge on any atom is -0.326 e. The van der Waals surface area contributed by atoms with Gasteiger partial charge >= 0.3 is 0 Å². The Morgan fingerprint density at radius 3 is 2.27 bits per heavy atom. The minimum atomic E-state index is -0.371. The van der Waals surface area contributed by atoms with Crippen LogP contribution in [0.15, 0.2) is 66.4 Å². The van der Waals surface area contributed by atoms with Gasteiger partial charge in [0.2, 0.25) is 11.8 Å². The molecule has 2 aromatic rings. The maximum atomic E-state index is 12.8. The van der Waals surface area contributed by atoms with E-state index in [1.807, 2.05) is 43.3 Å². The minimum absolute atomic E-state index is 0.0394. The Hall–Kier alpha value is -3.15. The van der Waals surface area contributed by atoms with Gasteiger partial charge in [0.15, 0.2) is 0 Å². The highest BCUT2D eigenvalue weighted by Crippen LogP contribution is 2.09. The van der Waals surface area contributed by atoms with Crippen LogP contribution >= 0.6 is 0 Å². The second kappa shape index (κ2) is 9.98. The van der Waals surface area contributed by atoms with E-state index in [-0.39, 0.29) is 30.5 Å². The normalized spacial score (nSPS) is 10.9. The molecule has 2 rings (SSSR count). The first-order valence-corrected chi connectivity index (χ1v) is 8.34. The third-order valence-corrected chi connectivity index (χ3v) is 3.59. The van der Waals surface area contributed by atoms with E-state index in [4.69, 9.17) is 0 Å². The first kappa shape index (κ1) is 19.2. The van der Waals surface area contributed by atoms with E-state index in [2.05, 4.69) is 16.2 Å². The van der Waals surface area contributed by atoms with Crippen molar-refractivity contribution in [1.29, 1.82) is 0 Å². The first-order chi connectivity index (χ1) is 12.5. The Morgan fingerprint density at radius 1 is 0.923 bits per heavy atom. The zero-order chi connectivity index (χ0) is 18.8. The molecular formula is C20H22FN3O2. The summed E-state index contributed by atoms with van der Waals surface area (Å²) in [6.45, 7) is 1.85. The lowest BCUT2D eigenvalue weighted by atomic mass is 10.1. The predicted molar refractivity (Wildman–Crippen MR) is 99.4 cm³/mol. The molecule has 26 heavy (non-hydrogen) atoms. The number of hydrazine groups is 1. The van der Waals surface area contributed by atoms with E-state index in [0.717, 1.165) is 12.1 Å². The molecule has 0 aliphatic heterocycles. The van der Waals surface area contributed by atoms with E-state index in [9.17, 15) is 14.0 Å². The first-order valence-electron chi connectivity index (χ1n) is 8.34. The van der Waals surface area contributed by atoms with Crippen molar-refractivity contribution in [3.05, 3.63) is 77.8 Å². The number of hydrogen-bond donors (Lipinski definition) is 3. The fraction of sp³-hybridized carbons (Fsp3) is 0.200. The highest BCUT2D eigenvalue weighted by Gasteiger charge is 2.07. The quantitative estimate of drug-likeness (QED) is 0.636. The van der Waals surface area contributed by atoms with Crippen molar-refractivity contribution in [1.82, 2.24) is 10.9 Å². The summed E-state index contributed by atoms with van der Waals surface area (Å²) in [5.74, 6) is -0.959. The number of hydrogen-bond acceptors (Lipinski definition) is 3. The monoisotopic (exact) mass is 355 g/mol. The van der Waals surface area contributed by atoms with Crippen LogP contribution in [0.4, 0.5) is 10.1 Å². The van der Waals surface area contributed by atoms with Crippen LogP contribution in [0.5, 0.6) is 0 Å². The predicted octanol–water partition coefficient (Wildman–Crippen LogP) is 3.31. The van der Waals surface area contributed by atoms with E-state index in [1.165, 1.54) is 29.8 Å². The topological polar surface area (TPSA) is 70.2 Å². The smallest absolute Gasteiger partial charge is 0.238 e. The lowest BCUT2D eigenvalue weighted by Crippen LogP contribution is -2.36. The molecule has 0 heterocycles. The summed E-state index contributed by atoms with van der Waals surface area (Å²) in [7, 11) is 0. The largest absolute Gasteiger partial charge is 0.326 e. The van der Waals surface area contributed by atoms with Gasteiger partial charge in [-0.05, 0) is 43.2 Å². The average molecular weight is 355 g/mol. The molecule has 0 radical (unpaired) electrons. The van der Waals surface area contributed by atoms with Gasteiger partial charge in [-0.1, -0.05) is 36.4 Å². The molecule has 2 aromatic carbocycles. The molecule has 136 valence electrons. The molecule has 0 aromatic heterocycles. The van der Waals surface area contributed by atoms with Crippen molar-refractivity contribution in [2.75, 3.05) is 5.32 Å². The van der Waals surface area contributed by atoms with Gasteiger partial charge in [-0.3, -0.25) is 15.0 Å². The zero-order valence-corrected chi connectivity index (χ0v) is 14.6. The zero-order valence-electron chi connectivity index (χ0n) is 14.6. The van der Waals surface area contributed by atoms with Gasteiger partial charge in [-0.2, -0.15) is 0 Å². The van der Waals surface area contributed by atoms with Crippen LogP contribution in [0.3, 0.4) is 0 Å². The third-order valence-electron chi connectivity index (χ3n) is 3.59. The van der Waals surface area contributed by atoms with E-state index >= 15 is 0 Å². The Bertz CT molecular complexity index is 758. The van der Waals surface area contributed by atoms with Crippen molar-refractivity contribution in [3.8, 4) is 0 Å². The molecule has 5 nitrogen and oxygen atoms in total. The van der Waals surface area contributed by atoms with Crippen LogP contribution in [0, 0.1) is 5.82 Å². The van der Waals surface area contributed by atoms with Crippen molar-refractivity contribution < 1.29 is 14.0 Å². The molecule has 0 bridgehead atoms. The summed E-state index contributed by atoms with van der Waals surface area (Å²) >= 11 is 0. The Kier molecular flexibility index (Phi) is 7.36. The Balaban J connectivity index is 1.66. The molecule has 3 N–H and O–H groups in total. The number of carbonyl (C=O) groups excluding carboxylic acids is 2. The lowest BCUT2D eigenvalue weighted by molar-refractivity contribution is -0.124. The summed E-state index contributed by atoms with van der Waals surface area (Å²) in [5.41, 5.74) is 7.87. The number of allylic oxidation sites excluding steroid dienone is 2. The van der Waals surface area contributed by atoms with Gasteiger partial charge in [0.25, 0.3) is 0 Å². The number of nitrogens with one attached hydrogen (secondary N) is 3. The van der Waals surface area contributed by atoms with Crippen LogP contribution in [-0.4, -0.2) is 11.8 Å². The summed E-state index contributed by atoms with van der Waals surface area (Å²) in [6.07, 6.45) is 2.82. The van der Waals surface area contributed by atoms with Gasteiger partial charge in [0.1, 0.15) is 5.82 Å². The maximum Gasteiger partial charge on any atom is 0.238 e. The summed E-state index contributed by atoms with van der Waals surface area (Å²) < 4.78 is 12.8. The highest BCUT2D eigenvalue weighted by atomic mass is 19.1. The fourth-order valence-corrected chi connectivity index (χ4v) is 2.15. The molecule has 0 atom stereocenters. The van der Waals surface area contributed by atoms with Crippen LogP contribution < -0.4 is 16.2 Å². The number of halogens is 1. The molecular weight excluding hydrogens is 333 g/mol. The van der Waals surface area contributed by atoms with Crippen LogP contribution in [0.25, 0.3) is 0 Å². The SMILES string of the molecule is CC(=CCc1ccccc1)NNC(=O)CCC(=O)Nc1ccc(F)cc1. The highest BCUT2D eigenvalue weighted by molar-refractivity contribution is 5.93. The van der Waals surface area contributed by atoms with Crippen molar-refractivity contribution in [3.63, 3.8) is 0 Å². The average Bonchev–Trinajstić information content (AvgIpc) is 2.65. The van der Waals surface area contributed by atoms with Crippen LogP contribution in [0.1, 0.15) is 25.3 Å². The number of amides is 2. The second-order valence-corrected chi connectivity index (χ2v) is 5.81. The molecule has 0 saturated heterocycles. The molecule has 0 fully saturated rings. The third kappa shape index (κ3) is 7.17. The summed E-state index contributed by atoms with van der Waals surface area (Å²) in [6, 6.07) is 15.4. The van der Waals surface area contributed by atoms with Crippen LogP contribution in [-0.2, 0) is 16.0 Å². The van der Waals surface area contributed by atoms with Gasteiger partial charge in [0, 0.05) is 24.2 Å². The molecule has 0 aliphatic rings. The van der Waals surface area contributed by atoms with E-state index in [0.29, 0.717) is 5.69 Å². The van der Waals surface area contributed by atoms with Crippen molar-refractivity contribution in [2.45, 2.75) is 26.2 Å². The van der Waals surface area contributed by atoms with Crippen LogP contribution in [0.2, 0.25) is 0 Å². The van der Waals surface area contributed by atoms with Gasteiger partial charge in [-0.25, -0.2) is 4.39 Å². The van der Waals surface area contributed by atoms with Gasteiger partial charge in [0.05, 0.1) is 0 Å². The number of anilines is 1. The molecule has 6 heteroatoms. The molecule has 2 amide bonds. The van der Waals surface area contributed by atoms with E-state index in [1.54, 1.807) is 0 Å². The Labute approximate surface area is 152 Å². The van der Waals surface area contributed by atoms with Crippen molar-refractivity contribution >= 4 is 17.5 Å². The van der Waals surface area contributed by atoms with E-state index < -0.39 is 0 Å². The second-order valence-electron chi connectivity index (χ2n) is 5.81. The number of rotatable bonds is 8. The molecule has 0 spiro atoms.